The monoisotopic (exact) mass is 361 g/mol. The van der Waals surface area contributed by atoms with Gasteiger partial charge < -0.3 is 4.74 Å². The Morgan fingerprint density at radius 2 is 1.87 bits per heavy atom. The Balaban J connectivity index is 2.51. The molecule has 0 unspecified atom stereocenters. The van der Waals surface area contributed by atoms with Crippen LogP contribution in [0.2, 0.25) is 5.02 Å². The number of benzene rings is 2. The highest BCUT2D eigenvalue weighted by Crippen LogP contribution is 2.26. The molecule has 0 aromatic heterocycles. The highest BCUT2D eigenvalue weighted by Gasteiger charge is 2.23. The van der Waals surface area contributed by atoms with Crippen molar-refractivity contribution in [3.63, 3.8) is 0 Å². The van der Waals surface area contributed by atoms with Crippen molar-refractivity contribution >= 4 is 33.3 Å². The van der Waals surface area contributed by atoms with Crippen LogP contribution < -0.4 is 4.72 Å². The second-order valence-corrected chi connectivity index (χ2v) is 6.45. The first kappa shape index (κ1) is 17.2. The SMILES string of the molecule is COC(=O)c1ccc(Cl)cc1NS(=O)(=O)c1cc(F)ccc1F. The van der Waals surface area contributed by atoms with Crippen LogP contribution in [-0.2, 0) is 14.8 Å². The van der Waals surface area contributed by atoms with Crippen LogP contribution in [-0.4, -0.2) is 21.5 Å². The summed E-state index contributed by atoms with van der Waals surface area (Å²) in [5.41, 5.74) is -0.342. The zero-order chi connectivity index (χ0) is 17.2. The average Bonchev–Trinajstić information content (AvgIpc) is 2.48. The molecule has 0 saturated heterocycles. The van der Waals surface area contributed by atoms with Crippen LogP contribution >= 0.6 is 11.6 Å². The summed E-state index contributed by atoms with van der Waals surface area (Å²) in [6, 6.07) is 5.75. The van der Waals surface area contributed by atoms with Crippen LogP contribution in [0.15, 0.2) is 41.3 Å². The van der Waals surface area contributed by atoms with E-state index in [1.54, 1.807) is 0 Å². The Labute approximate surface area is 135 Å². The summed E-state index contributed by atoms with van der Waals surface area (Å²) < 4.78 is 57.9. The van der Waals surface area contributed by atoms with Gasteiger partial charge in [0.25, 0.3) is 10.0 Å². The van der Waals surface area contributed by atoms with Crippen molar-refractivity contribution in [3.8, 4) is 0 Å². The summed E-state index contributed by atoms with van der Waals surface area (Å²) in [5.74, 6) is -2.88. The molecule has 0 atom stereocenters. The minimum atomic E-state index is -4.48. The number of carbonyl (C=O) groups excluding carboxylic acids is 1. The number of esters is 1. The van der Waals surface area contributed by atoms with Gasteiger partial charge in [0.1, 0.15) is 16.5 Å². The third-order valence-corrected chi connectivity index (χ3v) is 4.43. The number of hydrogen-bond donors (Lipinski definition) is 1. The van der Waals surface area contributed by atoms with Crippen LogP contribution in [0.3, 0.4) is 0 Å². The van der Waals surface area contributed by atoms with Crippen molar-refractivity contribution in [3.05, 3.63) is 58.6 Å². The van der Waals surface area contributed by atoms with Crippen LogP contribution in [0.25, 0.3) is 0 Å². The lowest BCUT2D eigenvalue weighted by Crippen LogP contribution is -2.17. The van der Waals surface area contributed by atoms with E-state index in [0.29, 0.717) is 12.1 Å². The van der Waals surface area contributed by atoms with Gasteiger partial charge in [0.2, 0.25) is 0 Å². The van der Waals surface area contributed by atoms with E-state index in [0.717, 1.165) is 19.2 Å². The third kappa shape index (κ3) is 3.77. The van der Waals surface area contributed by atoms with Crippen LogP contribution in [0.1, 0.15) is 10.4 Å². The van der Waals surface area contributed by atoms with Gasteiger partial charge in [-0.25, -0.2) is 22.0 Å². The average molecular weight is 362 g/mol. The maximum absolute atomic E-state index is 13.7. The van der Waals surface area contributed by atoms with Gasteiger partial charge in [0, 0.05) is 5.02 Å². The van der Waals surface area contributed by atoms with E-state index >= 15 is 0 Å². The largest absolute Gasteiger partial charge is 0.465 e. The Morgan fingerprint density at radius 3 is 2.52 bits per heavy atom. The molecule has 0 spiro atoms. The first-order valence-corrected chi connectivity index (χ1v) is 7.96. The fraction of sp³-hybridized carbons (Fsp3) is 0.0714. The van der Waals surface area contributed by atoms with Crippen molar-refractivity contribution in [2.24, 2.45) is 0 Å². The Hall–Kier alpha value is -2.19. The lowest BCUT2D eigenvalue weighted by Gasteiger charge is -2.12. The van der Waals surface area contributed by atoms with Crippen molar-refractivity contribution < 1.29 is 26.7 Å². The fourth-order valence-corrected chi connectivity index (χ4v) is 3.10. The van der Waals surface area contributed by atoms with Crippen LogP contribution in [0.4, 0.5) is 14.5 Å². The van der Waals surface area contributed by atoms with Gasteiger partial charge in [-0.3, -0.25) is 4.72 Å². The van der Waals surface area contributed by atoms with Gasteiger partial charge in [-0.05, 0) is 36.4 Å². The summed E-state index contributed by atoms with van der Waals surface area (Å²) in [4.78, 5) is 10.8. The zero-order valence-corrected chi connectivity index (χ0v) is 13.2. The maximum Gasteiger partial charge on any atom is 0.339 e. The number of carbonyl (C=O) groups is 1. The molecule has 0 saturated carbocycles. The highest BCUT2D eigenvalue weighted by molar-refractivity contribution is 7.92. The summed E-state index contributed by atoms with van der Waals surface area (Å²) in [5, 5.41) is 0.134. The van der Waals surface area contributed by atoms with E-state index < -0.39 is 32.5 Å². The molecule has 0 heterocycles. The van der Waals surface area contributed by atoms with Crippen LogP contribution in [0.5, 0.6) is 0 Å². The molecular formula is C14H10ClF2NO4S. The zero-order valence-electron chi connectivity index (χ0n) is 11.6. The number of hydrogen-bond acceptors (Lipinski definition) is 4. The normalized spacial score (nSPS) is 11.1. The van der Waals surface area contributed by atoms with Gasteiger partial charge in [-0.1, -0.05) is 11.6 Å². The summed E-state index contributed by atoms with van der Waals surface area (Å²) >= 11 is 5.78. The Kier molecular flexibility index (Phi) is 4.86. The smallest absolute Gasteiger partial charge is 0.339 e. The molecule has 2 aromatic carbocycles. The van der Waals surface area contributed by atoms with Crippen molar-refractivity contribution in [1.82, 2.24) is 0 Å². The van der Waals surface area contributed by atoms with E-state index in [4.69, 9.17) is 11.6 Å². The number of anilines is 1. The van der Waals surface area contributed by atoms with E-state index in [-0.39, 0.29) is 16.3 Å². The quantitative estimate of drug-likeness (QED) is 0.849. The summed E-state index contributed by atoms with van der Waals surface area (Å²) in [7, 11) is -3.37. The van der Waals surface area contributed by atoms with Gasteiger partial charge in [-0.15, -0.1) is 0 Å². The first-order chi connectivity index (χ1) is 10.7. The molecule has 0 amide bonds. The number of rotatable bonds is 4. The molecule has 0 aliphatic rings. The number of sulfonamides is 1. The summed E-state index contributed by atoms with van der Waals surface area (Å²) in [6.45, 7) is 0. The molecule has 0 aliphatic carbocycles. The van der Waals surface area contributed by atoms with Crippen molar-refractivity contribution in [1.29, 1.82) is 0 Å². The molecule has 0 aliphatic heterocycles. The number of halogens is 3. The molecule has 5 nitrogen and oxygen atoms in total. The standard InChI is InChI=1S/C14H10ClF2NO4S/c1-22-14(19)10-4-2-8(15)6-12(10)18-23(20,21)13-7-9(16)3-5-11(13)17/h2-7,18H,1H3. The highest BCUT2D eigenvalue weighted by atomic mass is 35.5. The summed E-state index contributed by atoms with van der Waals surface area (Å²) in [6.07, 6.45) is 0. The number of ether oxygens (including phenoxy) is 1. The minimum absolute atomic E-state index is 0.128. The van der Waals surface area contributed by atoms with Crippen molar-refractivity contribution in [2.75, 3.05) is 11.8 Å². The lowest BCUT2D eigenvalue weighted by molar-refractivity contribution is 0.0602. The van der Waals surface area contributed by atoms with Gasteiger partial charge in [0.05, 0.1) is 18.4 Å². The molecule has 0 radical (unpaired) electrons. The van der Waals surface area contributed by atoms with Gasteiger partial charge in [0.15, 0.2) is 0 Å². The Morgan fingerprint density at radius 1 is 1.17 bits per heavy atom. The maximum atomic E-state index is 13.7. The lowest BCUT2D eigenvalue weighted by atomic mass is 10.2. The van der Waals surface area contributed by atoms with Gasteiger partial charge >= 0.3 is 5.97 Å². The predicted molar refractivity (Wildman–Crippen MR) is 80.0 cm³/mol. The second-order valence-electron chi connectivity index (χ2n) is 4.36. The topological polar surface area (TPSA) is 72.5 Å². The van der Waals surface area contributed by atoms with Crippen LogP contribution in [0, 0.1) is 11.6 Å². The molecule has 1 N–H and O–H groups in total. The predicted octanol–water partition coefficient (Wildman–Crippen LogP) is 3.21. The molecule has 0 fully saturated rings. The molecule has 0 bridgehead atoms. The Bertz CT molecular complexity index is 871. The van der Waals surface area contributed by atoms with E-state index in [2.05, 4.69) is 4.74 Å². The molecule has 9 heteroatoms. The molecule has 122 valence electrons. The second kappa shape index (κ2) is 6.51. The number of nitrogens with one attached hydrogen (secondary N) is 1. The third-order valence-electron chi connectivity index (χ3n) is 2.81. The minimum Gasteiger partial charge on any atom is -0.465 e. The van der Waals surface area contributed by atoms with Crippen molar-refractivity contribution in [2.45, 2.75) is 4.90 Å². The number of methoxy groups -OCH3 is 1. The van der Waals surface area contributed by atoms with E-state index in [1.165, 1.54) is 12.1 Å². The first-order valence-electron chi connectivity index (χ1n) is 6.10. The fourth-order valence-electron chi connectivity index (χ4n) is 1.77. The molecule has 2 aromatic rings. The van der Waals surface area contributed by atoms with E-state index in [9.17, 15) is 22.0 Å². The molecular weight excluding hydrogens is 352 g/mol. The molecule has 23 heavy (non-hydrogen) atoms. The molecule has 2 rings (SSSR count). The van der Waals surface area contributed by atoms with Gasteiger partial charge in [-0.2, -0.15) is 0 Å². The van der Waals surface area contributed by atoms with E-state index in [1.807, 2.05) is 4.72 Å².